The highest BCUT2D eigenvalue weighted by Gasteiger charge is 2.19. The molecule has 3 heterocycles. The Labute approximate surface area is 169 Å². The number of aryl methyl sites for hydroxylation is 1. The van der Waals surface area contributed by atoms with Crippen LogP contribution in [0.5, 0.6) is 0 Å². The predicted octanol–water partition coefficient (Wildman–Crippen LogP) is 4.81. The van der Waals surface area contributed by atoms with E-state index in [-0.39, 0.29) is 11.8 Å². The maximum atomic E-state index is 12.6. The zero-order chi connectivity index (χ0) is 19.7. The van der Waals surface area contributed by atoms with Gasteiger partial charge in [-0.2, -0.15) is 0 Å². The predicted molar refractivity (Wildman–Crippen MR) is 112 cm³/mol. The minimum Gasteiger partial charge on any atom is -0.451 e. The highest BCUT2D eigenvalue weighted by molar-refractivity contribution is 7.17. The van der Waals surface area contributed by atoms with Gasteiger partial charge in [0.25, 0.3) is 5.91 Å². The van der Waals surface area contributed by atoms with Crippen LogP contribution in [0, 0.1) is 6.92 Å². The number of rotatable bonds is 5. The molecule has 2 N–H and O–H groups in total. The molecule has 0 radical (unpaired) electrons. The van der Waals surface area contributed by atoms with E-state index in [4.69, 9.17) is 4.42 Å². The Morgan fingerprint density at radius 2 is 2.00 bits per heavy atom. The first-order valence-electron chi connectivity index (χ1n) is 8.60. The molecule has 0 saturated heterocycles. The van der Waals surface area contributed by atoms with Crippen molar-refractivity contribution in [2.45, 2.75) is 20.4 Å². The zero-order valence-corrected chi connectivity index (χ0v) is 16.9. The fourth-order valence-electron chi connectivity index (χ4n) is 2.81. The third-order valence-corrected chi connectivity index (χ3v) is 6.07. The second kappa shape index (κ2) is 7.57. The number of nitrogens with one attached hydrogen (secondary N) is 2. The summed E-state index contributed by atoms with van der Waals surface area (Å²) in [5.74, 6) is -0.0757. The molecular formula is C20H17N3O3S2. The quantitative estimate of drug-likeness (QED) is 0.493. The first kappa shape index (κ1) is 18.4. The molecule has 0 atom stereocenters. The van der Waals surface area contributed by atoms with Crippen LogP contribution < -0.4 is 10.6 Å². The molecule has 4 rings (SSSR count). The van der Waals surface area contributed by atoms with Crippen LogP contribution in [0.25, 0.3) is 21.5 Å². The number of furan rings is 1. The summed E-state index contributed by atoms with van der Waals surface area (Å²) in [6, 6.07) is 11.5. The molecule has 8 heteroatoms. The lowest BCUT2D eigenvalue weighted by atomic mass is 10.1. The number of aromatic nitrogens is 1. The molecular weight excluding hydrogens is 394 g/mol. The Kier molecular flexibility index (Phi) is 4.97. The monoisotopic (exact) mass is 411 g/mol. The van der Waals surface area contributed by atoms with Crippen LogP contribution in [0.15, 0.2) is 46.2 Å². The third kappa shape index (κ3) is 3.69. The van der Waals surface area contributed by atoms with Crippen molar-refractivity contribution < 1.29 is 14.0 Å². The molecule has 142 valence electrons. The van der Waals surface area contributed by atoms with Crippen molar-refractivity contribution in [2.75, 3.05) is 5.32 Å². The molecule has 0 fully saturated rings. The van der Waals surface area contributed by atoms with Crippen LogP contribution in [-0.4, -0.2) is 16.8 Å². The van der Waals surface area contributed by atoms with Gasteiger partial charge in [-0.05, 0) is 25.1 Å². The van der Waals surface area contributed by atoms with Crippen molar-refractivity contribution >= 4 is 50.6 Å². The molecule has 0 aliphatic heterocycles. The molecule has 0 saturated carbocycles. The maximum absolute atomic E-state index is 12.6. The molecule has 0 unspecified atom stereocenters. The molecule has 0 bridgehead atoms. The van der Waals surface area contributed by atoms with Crippen LogP contribution in [-0.2, 0) is 11.3 Å². The number of anilines is 1. The van der Waals surface area contributed by atoms with E-state index in [2.05, 4.69) is 15.6 Å². The Balaban J connectivity index is 1.49. The van der Waals surface area contributed by atoms with Crippen LogP contribution in [0.1, 0.15) is 27.9 Å². The largest absolute Gasteiger partial charge is 0.451 e. The van der Waals surface area contributed by atoms with Crippen molar-refractivity contribution in [3.63, 3.8) is 0 Å². The second-order valence-electron chi connectivity index (χ2n) is 6.22. The average Bonchev–Trinajstić information content (AvgIpc) is 3.39. The summed E-state index contributed by atoms with van der Waals surface area (Å²) < 4.78 is 5.71. The van der Waals surface area contributed by atoms with Gasteiger partial charge in [0, 0.05) is 28.1 Å². The summed E-state index contributed by atoms with van der Waals surface area (Å²) in [6.45, 7) is 3.86. The SMILES string of the molecule is CC(=O)NCc1ccc(-c2csc(NC(=O)c3oc4ccccc4c3C)n2)s1. The topological polar surface area (TPSA) is 84.2 Å². The lowest BCUT2D eigenvalue weighted by Crippen LogP contribution is -2.17. The standard InChI is InChI=1S/C20H17N3O3S2/c1-11-14-5-3-4-6-16(14)26-18(11)19(25)23-20-22-15(10-27-20)17-8-7-13(28-17)9-21-12(2)24/h3-8,10H,9H2,1-2H3,(H,21,24)(H,22,23,25). The molecule has 6 nitrogen and oxygen atoms in total. The zero-order valence-electron chi connectivity index (χ0n) is 15.2. The number of nitrogens with zero attached hydrogens (tertiary/aromatic N) is 1. The van der Waals surface area contributed by atoms with E-state index in [9.17, 15) is 9.59 Å². The van der Waals surface area contributed by atoms with Gasteiger partial charge in [0.2, 0.25) is 5.91 Å². The highest BCUT2D eigenvalue weighted by atomic mass is 32.1. The van der Waals surface area contributed by atoms with E-state index in [1.807, 2.05) is 48.7 Å². The molecule has 0 aliphatic rings. The van der Waals surface area contributed by atoms with Crippen molar-refractivity contribution in [3.8, 4) is 10.6 Å². The van der Waals surface area contributed by atoms with Crippen LogP contribution in [0.2, 0.25) is 0 Å². The van der Waals surface area contributed by atoms with E-state index in [1.54, 1.807) is 11.3 Å². The van der Waals surface area contributed by atoms with Gasteiger partial charge < -0.3 is 9.73 Å². The summed E-state index contributed by atoms with van der Waals surface area (Å²) in [6.07, 6.45) is 0. The van der Waals surface area contributed by atoms with Gasteiger partial charge in [0.15, 0.2) is 10.9 Å². The van der Waals surface area contributed by atoms with E-state index >= 15 is 0 Å². The number of thiophene rings is 1. The number of hydrogen-bond donors (Lipinski definition) is 2. The van der Waals surface area contributed by atoms with E-state index in [0.29, 0.717) is 23.0 Å². The lowest BCUT2D eigenvalue weighted by Gasteiger charge is -1.99. The fraction of sp³-hybridized carbons (Fsp3) is 0.150. The smallest absolute Gasteiger partial charge is 0.293 e. The molecule has 0 spiro atoms. The molecule has 3 aromatic heterocycles. The minimum atomic E-state index is -0.313. The van der Waals surface area contributed by atoms with E-state index in [1.165, 1.54) is 18.3 Å². The van der Waals surface area contributed by atoms with Crippen molar-refractivity contribution in [3.05, 3.63) is 58.0 Å². The minimum absolute atomic E-state index is 0.0607. The van der Waals surface area contributed by atoms with E-state index < -0.39 is 0 Å². The Morgan fingerprint density at radius 3 is 2.79 bits per heavy atom. The normalized spacial score (nSPS) is 10.9. The summed E-state index contributed by atoms with van der Waals surface area (Å²) >= 11 is 2.92. The van der Waals surface area contributed by atoms with Gasteiger partial charge in [0.05, 0.1) is 17.1 Å². The van der Waals surface area contributed by atoms with Crippen LogP contribution in [0.4, 0.5) is 5.13 Å². The number of thiazole rings is 1. The molecule has 28 heavy (non-hydrogen) atoms. The first-order chi connectivity index (χ1) is 13.5. The van der Waals surface area contributed by atoms with Crippen LogP contribution >= 0.6 is 22.7 Å². The molecule has 0 aliphatic carbocycles. The number of carbonyl (C=O) groups excluding carboxylic acids is 2. The number of benzene rings is 1. The van der Waals surface area contributed by atoms with Crippen LogP contribution in [0.3, 0.4) is 0 Å². The highest BCUT2D eigenvalue weighted by Crippen LogP contribution is 2.31. The van der Waals surface area contributed by atoms with Gasteiger partial charge in [-0.15, -0.1) is 22.7 Å². The Bertz CT molecular complexity index is 1170. The van der Waals surface area contributed by atoms with Gasteiger partial charge >= 0.3 is 0 Å². The molecule has 4 aromatic rings. The second-order valence-corrected chi connectivity index (χ2v) is 8.25. The van der Waals surface area contributed by atoms with E-state index in [0.717, 1.165) is 26.4 Å². The van der Waals surface area contributed by atoms with Gasteiger partial charge in [-0.1, -0.05) is 18.2 Å². The number of para-hydroxylation sites is 1. The molecule has 2 amide bonds. The summed E-state index contributed by atoms with van der Waals surface area (Å²) in [7, 11) is 0. The van der Waals surface area contributed by atoms with Gasteiger partial charge in [-0.25, -0.2) is 4.98 Å². The number of hydrogen-bond acceptors (Lipinski definition) is 6. The number of fused-ring (bicyclic) bond motifs is 1. The summed E-state index contributed by atoms with van der Waals surface area (Å²) in [5, 5.41) is 8.94. The fourth-order valence-corrected chi connectivity index (χ4v) is 4.50. The van der Waals surface area contributed by atoms with Gasteiger partial charge in [0.1, 0.15) is 5.58 Å². The summed E-state index contributed by atoms with van der Waals surface area (Å²) in [4.78, 5) is 30.2. The number of amides is 2. The lowest BCUT2D eigenvalue weighted by molar-refractivity contribution is -0.119. The number of carbonyl (C=O) groups is 2. The Morgan fingerprint density at radius 1 is 1.18 bits per heavy atom. The maximum Gasteiger partial charge on any atom is 0.293 e. The average molecular weight is 412 g/mol. The van der Waals surface area contributed by atoms with Crippen molar-refractivity contribution in [1.82, 2.24) is 10.3 Å². The first-order valence-corrected chi connectivity index (χ1v) is 10.3. The Hall–Kier alpha value is -2.97. The summed E-state index contributed by atoms with van der Waals surface area (Å²) in [5.41, 5.74) is 2.29. The van der Waals surface area contributed by atoms with Gasteiger partial charge in [-0.3, -0.25) is 14.9 Å². The molecule has 1 aromatic carbocycles. The van der Waals surface area contributed by atoms with Crippen molar-refractivity contribution in [1.29, 1.82) is 0 Å². The third-order valence-electron chi connectivity index (χ3n) is 4.20. The van der Waals surface area contributed by atoms with Crippen molar-refractivity contribution in [2.24, 2.45) is 0 Å².